The minimum Gasteiger partial charge on any atom is -0.386 e. The molecule has 0 aliphatic heterocycles. The van der Waals surface area contributed by atoms with Crippen LogP contribution in [0.25, 0.3) is 0 Å². The number of anilines is 1. The van der Waals surface area contributed by atoms with E-state index < -0.39 is 17.7 Å². The summed E-state index contributed by atoms with van der Waals surface area (Å²) in [5.74, 6) is -1.50. The molecule has 2 aromatic carbocycles. The average Bonchev–Trinajstić information content (AvgIpc) is 2.48. The molecule has 0 aliphatic rings. The van der Waals surface area contributed by atoms with Crippen LogP contribution in [-0.4, -0.2) is 6.03 Å². The van der Waals surface area contributed by atoms with E-state index in [0.717, 1.165) is 12.1 Å². The van der Waals surface area contributed by atoms with Crippen molar-refractivity contribution in [2.75, 3.05) is 5.32 Å². The van der Waals surface area contributed by atoms with Gasteiger partial charge < -0.3 is 14.9 Å². The molecule has 0 fully saturated rings. The lowest BCUT2D eigenvalue weighted by atomic mass is 10.2. The Morgan fingerprint density at radius 2 is 1.95 bits per heavy atom. The predicted octanol–water partition coefficient (Wildman–Crippen LogP) is 3.82. The first-order valence-corrected chi connectivity index (χ1v) is 6.27. The molecule has 0 spiro atoms. The van der Waals surface area contributed by atoms with Crippen LogP contribution in [0.15, 0.2) is 42.5 Å². The summed E-state index contributed by atoms with van der Waals surface area (Å²) in [6.07, 6.45) is 0. The quantitative estimate of drug-likeness (QED) is 0.901. The van der Waals surface area contributed by atoms with Crippen LogP contribution >= 0.6 is 11.9 Å². The van der Waals surface area contributed by atoms with E-state index in [2.05, 4.69) is 14.9 Å². The molecule has 110 valence electrons. The Hall–Kier alpha value is -2.34. The molecule has 0 atom stereocenters. The van der Waals surface area contributed by atoms with E-state index in [-0.39, 0.29) is 6.54 Å². The SMILES string of the molecule is O=C(NCc1ccc(F)c(F)c1)Nc1cccc(OCl)c1. The van der Waals surface area contributed by atoms with E-state index >= 15 is 0 Å². The Morgan fingerprint density at radius 3 is 2.67 bits per heavy atom. The third-order valence-corrected chi connectivity index (χ3v) is 2.80. The highest BCUT2D eigenvalue weighted by molar-refractivity contribution is 6.09. The first-order valence-electron chi connectivity index (χ1n) is 5.96. The van der Waals surface area contributed by atoms with Gasteiger partial charge in [0.1, 0.15) is 17.6 Å². The first-order chi connectivity index (χ1) is 10.1. The second kappa shape index (κ2) is 6.90. The summed E-state index contributed by atoms with van der Waals surface area (Å²) >= 11 is 5.21. The van der Waals surface area contributed by atoms with Crippen molar-refractivity contribution in [3.63, 3.8) is 0 Å². The molecule has 0 saturated carbocycles. The zero-order valence-corrected chi connectivity index (χ0v) is 11.5. The van der Waals surface area contributed by atoms with Crippen LogP contribution in [0.1, 0.15) is 5.56 Å². The second-order valence-corrected chi connectivity index (χ2v) is 4.32. The third kappa shape index (κ3) is 4.32. The van der Waals surface area contributed by atoms with Crippen LogP contribution < -0.4 is 14.9 Å². The van der Waals surface area contributed by atoms with E-state index in [4.69, 9.17) is 11.9 Å². The Bertz CT molecular complexity index is 653. The maximum Gasteiger partial charge on any atom is 0.319 e. The van der Waals surface area contributed by atoms with Crippen molar-refractivity contribution in [1.29, 1.82) is 0 Å². The molecule has 0 heterocycles. The van der Waals surface area contributed by atoms with Crippen molar-refractivity contribution in [3.8, 4) is 5.75 Å². The fraction of sp³-hybridized carbons (Fsp3) is 0.0714. The van der Waals surface area contributed by atoms with Gasteiger partial charge in [-0.25, -0.2) is 13.6 Å². The maximum absolute atomic E-state index is 13.0. The predicted molar refractivity (Wildman–Crippen MR) is 75.1 cm³/mol. The minimum atomic E-state index is -0.957. The number of hydrogen-bond donors (Lipinski definition) is 2. The Balaban J connectivity index is 1.90. The molecular formula is C14H11ClF2N2O2. The summed E-state index contributed by atoms with van der Waals surface area (Å²) in [5, 5.41) is 5.07. The lowest BCUT2D eigenvalue weighted by molar-refractivity contribution is 0.251. The van der Waals surface area contributed by atoms with Crippen LogP contribution in [0.2, 0.25) is 0 Å². The molecule has 0 unspecified atom stereocenters. The molecule has 2 aromatic rings. The number of urea groups is 1. The normalized spacial score (nSPS) is 10.0. The van der Waals surface area contributed by atoms with Crippen molar-refractivity contribution in [2.24, 2.45) is 0 Å². The smallest absolute Gasteiger partial charge is 0.319 e. The van der Waals surface area contributed by atoms with Crippen molar-refractivity contribution >= 4 is 23.6 Å². The van der Waals surface area contributed by atoms with Gasteiger partial charge in [-0.2, -0.15) is 0 Å². The molecule has 0 aliphatic carbocycles. The molecule has 21 heavy (non-hydrogen) atoms. The average molecular weight is 313 g/mol. The summed E-state index contributed by atoms with van der Waals surface area (Å²) in [4.78, 5) is 11.7. The molecule has 0 radical (unpaired) electrons. The summed E-state index contributed by atoms with van der Waals surface area (Å²) in [7, 11) is 0. The topological polar surface area (TPSA) is 50.4 Å². The highest BCUT2D eigenvalue weighted by atomic mass is 35.5. The summed E-state index contributed by atoms with van der Waals surface area (Å²) < 4.78 is 30.3. The van der Waals surface area contributed by atoms with Gasteiger partial charge in [0.25, 0.3) is 0 Å². The van der Waals surface area contributed by atoms with Gasteiger partial charge in [-0.3, -0.25) is 0 Å². The molecule has 2 N–H and O–H groups in total. The molecular weight excluding hydrogens is 302 g/mol. The third-order valence-electron chi connectivity index (χ3n) is 2.62. The highest BCUT2D eigenvalue weighted by Crippen LogP contribution is 2.18. The highest BCUT2D eigenvalue weighted by Gasteiger charge is 2.05. The van der Waals surface area contributed by atoms with Gasteiger partial charge in [-0.15, -0.1) is 0 Å². The zero-order chi connectivity index (χ0) is 15.2. The fourth-order valence-corrected chi connectivity index (χ4v) is 1.73. The monoisotopic (exact) mass is 312 g/mol. The van der Waals surface area contributed by atoms with Crippen molar-refractivity contribution < 1.29 is 17.9 Å². The van der Waals surface area contributed by atoms with Crippen LogP contribution in [0.3, 0.4) is 0 Å². The second-order valence-electron chi connectivity index (χ2n) is 4.16. The van der Waals surface area contributed by atoms with E-state index in [1.165, 1.54) is 12.1 Å². The van der Waals surface area contributed by atoms with E-state index in [0.29, 0.717) is 17.0 Å². The van der Waals surface area contributed by atoms with Crippen molar-refractivity contribution in [3.05, 3.63) is 59.7 Å². The summed E-state index contributed by atoms with van der Waals surface area (Å²) in [6.45, 7) is 0.0642. The Labute approximate surface area is 124 Å². The van der Waals surface area contributed by atoms with Crippen LogP contribution in [0, 0.1) is 11.6 Å². The lowest BCUT2D eigenvalue weighted by Gasteiger charge is -2.08. The van der Waals surface area contributed by atoms with Gasteiger partial charge in [-0.1, -0.05) is 12.1 Å². The van der Waals surface area contributed by atoms with E-state index in [9.17, 15) is 13.6 Å². The molecule has 0 saturated heterocycles. The number of hydrogen-bond acceptors (Lipinski definition) is 2. The molecule has 2 rings (SSSR count). The number of amides is 2. The first kappa shape index (κ1) is 15.1. The Kier molecular flexibility index (Phi) is 4.94. The molecule has 0 bridgehead atoms. The van der Waals surface area contributed by atoms with Gasteiger partial charge in [0.2, 0.25) is 0 Å². The lowest BCUT2D eigenvalue weighted by Crippen LogP contribution is -2.28. The van der Waals surface area contributed by atoms with Crippen LogP contribution in [0.5, 0.6) is 5.75 Å². The Morgan fingerprint density at radius 1 is 1.14 bits per heavy atom. The van der Waals surface area contributed by atoms with E-state index in [1.807, 2.05) is 0 Å². The maximum atomic E-state index is 13.0. The van der Waals surface area contributed by atoms with Gasteiger partial charge in [0.05, 0.1) is 0 Å². The number of halogens is 3. The number of carbonyl (C=O) groups excluding carboxylic acids is 1. The summed E-state index contributed by atoms with van der Waals surface area (Å²) in [5.41, 5.74) is 0.929. The van der Waals surface area contributed by atoms with Gasteiger partial charge in [0, 0.05) is 18.3 Å². The minimum absolute atomic E-state index is 0.0642. The molecule has 4 nitrogen and oxygen atoms in total. The molecule has 7 heteroatoms. The summed E-state index contributed by atoms with van der Waals surface area (Å²) in [6, 6.07) is 9.39. The number of benzene rings is 2. The number of carbonyl (C=O) groups is 1. The molecule has 0 aromatic heterocycles. The largest absolute Gasteiger partial charge is 0.386 e. The molecule has 2 amide bonds. The van der Waals surface area contributed by atoms with Gasteiger partial charge >= 0.3 is 6.03 Å². The van der Waals surface area contributed by atoms with Gasteiger partial charge in [-0.05, 0) is 29.8 Å². The fourth-order valence-electron chi connectivity index (χ4n) is 1.63. The number of rotatable bonds is 4. The van der Waals surface area contributed by atoms with Gasteiger partial charge in [0.15, 0.2) is 11.6 Å². The number of nitrogens with one attached hydrogen (secondary N) is 2. The van der Waals surface area contributed by atoms with Crippen LogP contribution in [0.4, 0.5) is 19.3 Å². The standard InChI is InChI=1S/C14H11ClF2N2O2/c15-21-11-3-1-2-10(7-11)19-14(20)18-8-9-4-5-12(16)13(17)6-9/h1-7H,8H2,(H2,18,19,20). The van der Waals surface area contributed by atoms with Crippen molar-refractivity contribution in [1.82, 2.24) is 5.32 Å². The van der Waals surface area contributed by atoms with Crippen molar-refractivity contribution in [2.45, 2.75) is 6.54 Å². The van der Waals surface area contributed by atoms with Crippen LogP contribution in [-0.2, 0) is 6.54 Å². The van der Waals surface area contributed by atoms with E-state index in [1.54, 1.807) is 18.2 Å². The zero-order valence-electron chi connectivity index (χ0n) is 10.7.